The molecule has 2 aromatic carbocycles. The molecule has 10 heteroatoms. The van der Waals surface area contributed by atoms with E-state index >= 15 is 0 Å². The van der Waals surface area contributed by atoms with Gasteiger partial charge in [-0.25, -0.2) is 9.59 Å². The standard InChI is InChI=1S/C12H2Cl6O4/c13-5-1-2(6(14)10(18)9(5)17)4(12(21)22)8(16)7(15)3(1)11(19)20/h(H,19,20)(H,21,22). The third kappa shape index (κ3) is 2.48. The molecule has 4 nitrogen and oxygen atoms in total. The highest BCUT2D eigenvalue weighted by Gasteiger charge is 2.30. The molecule has 0 bridgehead atoms. The second-order valence-corrected chi connectivity index (χ2v) is 6.26. The predicted molar refractivity (Wildman–Crippen MR) is 87.9 cm³/mol. The number of carbonyl (C=O) groups is 2. The van der Waals surface area contributed by atoms with Gasteiger partial charge in [0.25, 0.3) is 0 Å². The van der Waals surface area contributed by atoms with Crippen molar-refractivity contribution in [2.45, 2.75) is 0 Å². The molecule has 0 aliphatic carbocycles. The zero-order valence-corrected chi connectivity index (χ0v) is 14.5. The molecule has 2 rings (SSSR count). The number of hydrogen-bond donors (Lipinski definition) is 2. The normalized spacial score (nSPS) is 11.0. The van der Waals surface area contributed by atoms with Crippen LogP contribution in [0.25, 0.3) is 10.8 Å². The minimum absolute atomic E-state index is 0.224. The third-order valence-corrected chi connectivity index (χ3v) is 5.48. The van der Waals surface area contributed by atoms with Crippen LogP contribution in [0.4, 0.5) is 0 Å². The van der Waals surface area contributed by atoms with E-state index in [1.165, 1.54) is 0 Å². The first kappa shape index (κ1) is 17.7. The Morgan fingerprint density at radius 1 is 0.545 bits per heavy atom. The van der Waals surface area contributed by atoms with Gasteiger partial charge in [0.1, 0.15) is 0 Å². The van der Waals surface area contributed by atoms with Crippen molar-refractivity contribution in [2.24, 2.45) is 0 Å². The summed E-state index contributed by atoms with van der Waals surface area (Å²) in [5.41, 5.74) is -1.03. The molecular weight excluding hydrogens is 421 g/mol. The van der Waals surface area contributed by atoms with Crippen LogP contribution >= 0.6 is 69.6 Å². The summed E-state index contributed by atoms with van der Waals surface area (Å²) in [6.07, 6.45) is 0. The Balaban J connectivity index is 3.33. The molecule has 0 amide bonds. The first-order chi connectivity index (χ1) is 10.1. The van der Waals surface area contributed by atoms with E-state index in [0.717, 1.165) is 0 Å². The second kappa shape index (κ2) is 6.11. The number of carboxylic acids is 2. The largest absolute Gasteiger partial charge is 0.478 e. The summed E-state index contributed by atoms with van der Waals surface area (Å²) < 4.78 is 0. The first-order valence-corrected chi connectivity index (χ1v) is 7.51. The summed E-state index contributed by atoms with van der Waals surface area (Å²) in [6, 6.07) is 0. The van der Waals surface area contributed by atoms with Gasteiger partial charge in [-0.2, -0.15) is 0 Å². The Morgan fingerprint density at radius 3 is 1.05 bits per heavy atom. The molecule has 0 saturated carbocycles. The monoisotopic (exact) mass is 420 g/mol. The van der Waals surface area contributed by atoms with Crippen LogP contribution in [0.1, 0.15) is 20.7 Å². The summed E-state index contributed by atoms with van der Waals surface area (Å²) >= 11 is 35.6. The van der Waals surface area contributed by atoms with Gasteiger partial charge >= 0.3 is 11.9 Å². The Bertz CT molecular complexity index is 791. The van der Waals surface area contributed by atoms with Crippen molar-refractivity contribution in [1.82, 2.24) is 0 Å². The highest BCUT2D eigenvalue weighted by Crippen LogP contribution is 2.49. The van der Waals surface area contributed by atoms with Gasteiger partial charge in [-0.15, -0.1) is 0 Å². The number of aromatic carboxylic acids is 2. The maximum atomic E-state index is 11.5. The highest BCUT2D eigenvalue weighted by atomic mass is 35.5. The van der Waals surface area contributed by atoms with E-state index in [4.69, 9.17) is 69.6 Å². The maximum absolute atomic E-state index is 11.5. The SMILES string of the molecule is O=C(O)c1c(Cl)c(Cl)c(C(=O)O)c2c(Cl)c(Cl)c(Cl)c(Cl)c12. The molecular formula is C12H2Cl6O4. The molecule has 0 unspecified atom stereocenters. The average Bonchev–Trinajstić information content (AvgIpc) is 2.43. The fraction of sp³-hybridized carbons (Fsp3) is 0. The van der Waals surface area contributed by atoms with E-state index in [2.05, 4.69) is 0 Å². The second-order valence-electron chi connectivity index (χ2n) is 3.99. The summed E-state index contributed by atoms with van der Waals surface area (Å²) in [5, 5.41) is 16.1. The summed E-state index contributed by atoms with van der Waals surface area (Å²) in [5.74, 6) is -2.96. The molecule has 0 spiro atoms. The molecule has 0 aromatic heterocycles. The van der Waals surface area contributed by atoms with Gasteiger partial charge in [-0.1, -0.05) is 69.6 Å². The van der Waals surface area contributed by atoms with E-state index in [9.17, 15) is 19.8 Å². The molecule has 22 heavy (non-hydrogen) atoms. The summed E-state index contributed by atoms with van der Waals surface area (Å²) in [7, 11) is 0. The van der Waals surface area contributed by atoms with Gasteiger partial charge in [0.2, 0.25) is 0 Å². The molecule has 0 aliphatic rings. The number of hydrogen-bond acceptors (Lipinski definition) is 2. The van der Waals surface area contributed by atoms with Crippen molar-refractivity contribution in [1.29, 1.82) is 0 Å². The molecule has 0 radical (unpaired) electrons. The number of halogens is 6. The lowest BCUT2D eigenvalue weighted by Gasteiger charge is -2.16. The number of benzene rings is 2. The van der Waals surface area contributed by atoms with Gasteiger partial charge < -0.3 is 10.2 Å². The molecule has 0 saturated heterocycles. The molecule has 0 heterocycles. The van der Waals surface area contributed by atoms with Crippen LogP contribution in [0.15, 0.2) is 0 Å². The number of carboxylic acid groups (broad SMARTS) is 2. The van der Waals surface area contributed by atoms with Crippen LogP contribution in [0.5, 0.6) is 0 Å². The topological polar surface area (TPSA) is 74.6 Å². The van der Waals surface area contributed by atoms with Crippen LogP contribution in [0.2, 0.25) is 30.1 Å². The molecule has 2 N–H and O–H groups in total. The Morgan fingerprint density at radius 2 is 0.818 bits per heavy atom. The molecule has 2 aromatic rings. The highest BCUT2D eigenvalue weighted by molar-refractivity contribution is 6.57. The Kier molecular flexibility index (Phi) is 4.93. The van der Waals surface area contributed by atoms with Crippen LogP contribution in [-0.2, 0) is 0 Å². The molecule has 0 fully saturated rings. The van der Waals surface area contributed by atoms with Gasteiger partial charge in [-0.3, -0.25) is 0 Å². The maximum Gasteiger partial charge on any atom is 0.337 e. The average molecular weight is 423 g/mol. The third-order valence-electron chi connectivity index (χ3n) is 2.83. The number of fused-ring (bicyclic) bond motifs is 1. The van der Waals surface area contributed by atoms with E-state index in [1.54, 1.807) is 0 Å². The first-order valence-electron chi connectivity index (χ1n) is 5.24. The van der Waals surface area contributed by atoms with Crippen molar-refractivity contribution >= 4 is 92.3 Å². The molecule has 0 atom stereocenters. The van der Waals surface area contributed by atoms with E-state index in [-0.39, 0.29) is 30.9 Å². The minimum Gasteiger partial charge on any atom is -0.478 e. The fourth-order valence-electron chi connectivity index (χ4n) is 1.94. The van der Waals surface area contributed by atoms with Crippen molar-refractivity contribution in [3.63, 3.8) is 0 Å². The van der Waals surface area contributed by atoms with E-state index < -0.39 is 33.1 Å². The lowest BCUT2D eigenvalue weighted by atomic mass is 9.98. The zero-order chi connectivity index (χ0) is 16.9. The lowest BCUT2D eigenvalue weighted by Crippen LogP contribution is -2.07. The minimum atomic E-state index is -1.48. The van der Waals surface area contributed by atoms with Crippen LogP contribution in [0, 0.1) is 0 Å². The van der Waals surface area contributed by atoms with Gasteiger partial charge in [0.15, 0.2) is 0 Å². The van der Waals surface area contributed by atoms with Crippen LogP contribution in [-0.4, -0.2) is 22.2 Å². The van der Waals surface area contributed by atoms with E-state index in [0.29, 0.717) is 0 Å². The van der Waals surface area contributed by atoms with Crippen molar-refractivity contribution in [3.05, 3.63) is 41.3 Å². The number of rotatable bonds is 2. The van der Waals surface area contributed by atoms with Gasteiger partial charge in [0, 0.05) is 10.8 Å². The van der Waals surface area contributed by atoms with Crippen molar-refractivity contribution < 1.29 is 19.8 Å². The van der Waals surface area contributed by atoms with Crippen LogP contribution in [0.3, 0.4) is 0 Å². The van der Waals surface area contributed by atoms with Gasteiger partial charge in [0.05, 0.1) is 41.3 Å². The Hall–Kier alpha value is -0.620. The summed E-state index contributed by atoms with van der Waals surface area (Å²) in [4.78, 5) is 22.9. The van der Waals surface area contributed by atoms with Crippen LogP contribution < -0.4 is 0 Å². The molecule has 0 aliphatic heterocycles. The zero-order valence-electron chi connectivity index (χ0n) is 9.98. The molecule has 116 valence electrons. The van der Waals surface area contributed by atoms with Crippen molar-refractivity contribution in [2.75, 3.05) is 0 Å². The van der Waals surface area contributed by atoms with E-state index in [1.807, 2.05) is 0 Å². The lowest BCUT2D eigenvalue weighted by molar-refractivity contribution is 0.0684. The summed E-state index contributed by atoms with van der Waals surface area (Å²) in [6.45, 7) is 0. The quantitative estimate of drug-likeness (QED) is 0.449. The smallest absolute Gasteiger partial charge is 0.337 e. The van der Waals surface area contributed by atoms with Crippen molar-refractivity contribution in [3.8, 4) is 0 Å². The van der Waals surface area contributed by atoms with Gasteiger partial charge in [-0.05, 0) is 0 Å². The Labute approximate surface area is 153 Å². The predicted octanol–water partition coefficient (Wildman–Crippen LogP) is 6.16. The fourth-order valence-corrected chi connectivity index (χ4v) is 3.52.